The van der Waals surface area contributed by atoms with Gasteiger partial charge in [0.1, 0.15) is 12.6 Å². The van der Waals surface area contributed by atoms with E-state index < -0.39 is 0 Å². The molecule has 4 atom stereocenters. The molecule has 2 aliphatic rings. The maximum atomic E-state index is 11.4. The normalized spacial score (nSPS) is 33.0. The first-order valence-electron chi connectivity index (χ1n) is 7.47. The van der Waals surface area contributed by atoms with Gasteiger partial charge in [0.15, 0.2) is 0 Å². The molecule has 0 N–H and O–H groups in total. The third-order valence-electron chi connectivity index (χ3n) is 5.01. The van der Waals surface area contributed by atoms with Gasteiger partial charge in [-0.15, -0.1) is 0 Å². The van der Waals surface area contributed by atoms with Gasteiger partial charge in [0.2, 0.25) is 0 Å². The van der Waals surface area contributed by atoms with Crippen LogP contribution in [0, 0.1) is 23.7 Å². The molecule has 1 aliphatic heterocycles. The smallest absolute Gasteiger partial charge is 0.123 e. The lowest BCUT2D eigenvalue weighted by molar-refractivity contribution is -0.114. The van der Waals surface area contributed by atoms with Crippen molar-refractivity contribution in [2.75, 3.05) is 13.1 Å². The van der Waals surface area contributed by atoms with Crippen LogP contribution in [-0.2, 0) is 16.1 Å². The Morgan fingerprint density at radius 1 is 1.10 bits per heavy atom. The Hall–Kier alpha value is -1.48. The van der Waals surface area contributed by atoms with Crippen molar-refractivity contribution in [2.45, 2.75) is 19.4 Å². The lowest BCUT2D eigenvalue weighted by Gasteiger charge is -2.32. The van der Waals surface area contributed by atoms with E-state index in [0.29, 0.717) is 18.3 Å². The van der Waals surface area contributed by atoms with Crippen LogP contribution >= 0.6 is 0 Å². The van der Waals surface area contributed by atoms with Crippen molar-refractivity contribution in [3.63, 3.8) is 0 Å². The largest absolute Gasteiger partial charge is 0.303 e. The third-order valence-corrected chi connectivity index (χ3v) is 5.01. The molecular formula is C17H21NO2. The topological polar surface area (TPSA) is 37.4 Å². The van der Waals surface area contributed by atoms with E-state index in [1.165, 1.54) is 5.56 Å². The molecule has 1 aromatic rings. The second kappa shape index (κ2) is 5.88. The third kappa shape index (κ3) is 2.55. The highest BCUT2D eigenvalue weighted by Gasteiger charge is 2.46. The Morgan fingerprint density at radius 3 is 2.55 bits per heavy atom. The Kier molecular flexibility index (Phi) is 3.97. The average molecular weight is 271 g/mol. The van der Waals surface area contributed by atoms with Crippen molar-refractivity contribution in [1.82, 2.24) is 4.90 Å². The zero-order valence-corrected chi connectivity index (χ0v) is 11.7. The fourth-order valence-corrected chi connectivity index (χ4v) is 4.17. The number of aldehydes is 2. The maximum Gasteiger partial charge on any atom is 0.123 e. The number of piperidine rings is 1. The number of hydrogen-bond acceptors (Lipinski definition) is 3. The van der Waals surface area contributed by atoms with Crippen LogP contribution in [0.2, 0.25) is 0 Å². The van der Waals surface area contributed by atoms with Gasteiger partial charge in [0.25, 0.3) is 0 Å². The molecule has 4 unspecified atom stereocenters. The van der Waals surface area contributed by atoms with Crippen molar-refractivity contribution in [3.05, 3.63) is 35.9 Å². The van der Waals surface area contributed by atoms with Gasteiger partial charge in [0, 0.05) is 32.0 Å². The summed E-state index contributed by atoms with van der Waals surface area (Å²) in [5, 5.41) is 0. The van der Waals surface area contributed by atoms with E-state index >= 15 is 0 Å². The van der Waals surface area contributed by atoms with Gasteiger partial charge in [-0.25, -0.2) is 0 Å². The Labute approximate surface area is 120 Å². The van der Waals surface area contributed by atoms with E-state index in [9.17, 15) is 9.59 Å². The van der Waals surface area contributed by atoms with Crippen LogP contribution in [0.5, 0.6) is 0 Å². The first-order valence-corrected chi connectivity index (χ1v) is 7.47. The molecule has 1 heterocycles. The second-order valence-electron chi connectivity index (χ2n) is 6.22. The molecule has 1 saturated heterocycles. The van der Waals surface area contributed by atoms with Gasteiger partial charge in [0.05, 0.1) is 0 Å². The van der Waals surface area contributed by atoms with E-state index in [2.05, 4.69) is 29.2 Å². The summed E-state index contributed by atoms with van der Waals surface area (Å²) in [6, 6.07) is 10.5. The number of nitrogens with zero attached hydrogens (tertiary/aromatic N) is 1. The molecule has 3 heteroatoms. The number of carbonyl (C=O) groups excluding carboxylic acids is 2. The number of likely N-dealkylation sites (tertiary alicyclic amines) is 1. The molecular weight excluding hydrogens is 250 g/mol. The highest BCUT2D eigenvalue weighted by molar-refractivity contribution is 5.58. The number of benzene rings is 1. The fraction of sp³-hybridized carbons (Fsp3) is 0.529. The monoisotopic (exact) mass is 271 g/mol. The predicted molar refractivity (Wildman–Crippen MR) is 77.0 cm³/mol. The minimum atomic E-state index is 0.0889. The van der Waals surface area contributed by atoms with Crippen LogP contribution in [0.1, 0.15) is 18.4 Å². The van der Waals surface area contributed by atoms with Gasteiger partial charge in [-0.1, -0.05) is 30.3 Å². The fourth-order valence-electron chi connectivity index (χ4n) is 4.17. The molecule has 20 heavy (non-hydrogen) atoms. The quantitative estimate of drug-likeness (QED) is 0.770. The molecule has 0 radical (unpaired) electrons. The van der Waals surface area contributed by atoms with Crippen LogP contribution < -0.4 is 0 Å². The van der Waals surface area contributed by atoms with E-state index in [1.807, 2.05) is 6.07 Å². The Bertz CT molecular complexity index is 473. The Balaban J connectivity index is 1.70. The molecule has 3 rings (SSSR count). The van der Waals surface area contributed by atoms with Gasteiger partial charge in [-0.2, -0.15) is 0 Å². The molecule has 1 aromatic carbocycles. The molecule has 2 fully saturated rings. The summed E-state index contributed by atoms with van der Waals surface area (Å²) in [7, 11) is 0. The molecule has 106 valence electrons. The van der Waals surface area contributed by atoms with Crippen LogP contribution in [0.4, 0.5) is 0 Å². The van der Waals surface area contributed by atoms with Crippen LogP contribution in [0.3, 0.4) is 0 Å². The summed E-state index contributed by atoms with van der Waals surface area (Å²) in [6.45, 7) is 2.96. The predicted octanol–water partition coefficient (Wildman–Crippen LogP) is 2.16. The SMILES string of the molecule is O=CCC1C2CC(CN(Cc3ccccc3)C2)C1C=O. The number of rotatable bonds is 5. The molecule has 2 bridgehead atoms. The highest BCUT2D eigenvalue weighted by Crippen LogP contribution is 2.46. The van der Waals surface area contributed by atoms with Crippen molar-refractivity contribution in [1.29, 1.82) is 0 Å². The van der Waals surface area contributed by atoms with Crippen molar-refractivity contribution >= 4 is 12.6 Å². The van der Waals surface area contributed by atoms with Gasteiger partial charge in [-0.3, -0.25) is 4.90 Å². The van der Waals surface area contributed by atoms with Crippen LogP contribution in [0.25, 0.3) is 0 Å². The zero-order chi connectivity index (χ0) is 13.9. The first kappa shape index (κ1) is 13.5. The standard InChI is InChI=1S/C17H21NO2/c19-7-6-16-14-8-15(17(16)12-20)11-18(10-14)9-13-4-2-1-3-5-13/h1-5,7,12,14-17H,6,8-11H2. The summed E-state index contributed by atoms with van der Waals surface area (Å²) >= 11 is 0. The summed E-state index contributed by atoms with van der Waals surface area (Å²) in [5.74, 6) is 1.32. The van der Waals surface area contributed by atoms with E-state index in [4.69, 9.17) is 0 Å². The van der Waals surface area contributed by atoms with E-state index in [-0.39, 0.29) is 11.8 Å². The Morgan fingerprint density at radius 2 is 1.85 bits per heavy atom. The number of carbonyl (C=O) groups is 2. The van der Waals surface area contributed by atoms with Crippen LogP contribution in [-0.4, -0.2) is 30.6 Å². The minimum absolute atomic E-state index is 0.0889. The second-order valence-corrected chi connectivity index (χ2v) is 6.22. The van der Waals surface area contributed by atoms with Crippen molar-refractivity contribution < 1.29 is 9.59 Å². The molecule has 0 spiro atoms. The zero-order valence-electron chi connectivity index (χ0n) is 11.7. The summed E-state index contributed by atoms with van der Waals surface area (Å²) in [5.41, 5.74) is 1.32. The van der Waals surface area contributed by atoms with Crippen LogP contribution in [0.15, 0.2) is 30.3 Å². The molecule has 0 amide bonds. The molecule has 1 aliphatic carbocycles. The van der Waals surface area contributed by atoms with Crippen molar-refractivity contribution in [3.8, 4) is 0 Å². The maximum absolute atomic E-state index is 11.4. The first-order chi connectivity index (χ1) is 9.81. The lowest BCUT2D eigenvalue weighted by Crippen LogP contribution is -2.37. The van der Waals surface area contributed by atoms with Gasteiger partial charge < -0.3 is 9.59 Å². The van der Waals surface area contributed by atoms with Gasteiger partial charge in [-0.05, 0) is 29.7 Å². The highest BCUT2D eigenvalue weighted by atomic mass is 16.1. The van der Waals surface area contributed by atoms with Crippen molar-refractivity contribution in [2.24, 2.45) is 23.7 Å². The number of fused-ring (bicyclic) bond motifs is 2. The summed E-state index contributed by atoms with van der Waals surface area (Å²) in [6.07, 6.45) is 3.76. The number of hydrogen-bond donors (Lipinski definition) is 0. The molecule has 3 nitrogen and oxygen atoms in total. The lowest BCUT2D eigenvalue weighted by atomic mass is 9.87. The summed E-state index contributed by atoms with van der Waals surface area (Å²) in [4.78, 5) is 24.7. The van der Waals surface area contributed by atoms with E-state index in [1.54, 1.807) is 0 Å². The average Bonchev–Trinajstić information content (AvgIpc) is 2.71. The molecule has 0 aromatic heterocycles. The minimum Gasteiger partial charge on any atom is -0.303 e. The summed E-state index contributed by atoms with van der Waals surface area (Å²) < 4.78 is 0. The molecule has 1 saturated carbocycles. The van der Waals surface area contributed by atoms with Gasteiger partial charge >= 0.3 is 0 Å². The van der Waals surface area contributed by atoms with E-state index in [0.717, 1.165) is 38.6 Å².